The van der Waals surface area contributed by atoms with Crippen LogP contribution in [0.15, 0.2) is 48.5 Å². The number of aromatic hydroxyl groups is 1. The van der Waals surface area contributed by atoms with Gasteiger partial charge in [-0.15, -0.1) is 0 Å². The number of benzene rings is 2. The van der Waals surface area contributed by atoms with E-state index in [4.69, 9.17) is 0 Å². The average Bonchev–Trinajstić information content (AvgIpc) is 2.97. The van der Waals surface area contributed by atoms with Gasteiger partial charge in [0.05, 0.1) is 11.1 Å². The van der Waals surface area contributed by atoms with Crippen molar-refractivity contribution in [1.29, 1.82) is 0 Å². The van der Waals surface area contributed by atoms with Crippen LogP contribution in [0.5, 0.6) is 5.75 Å². The van der Waals surface area contributed by atoms with Crippen LogP contribution >= 0.6 is 0 Å². The first-order valence-electron chi connectivity index (χ1n) is 9.31. The highest BCUT2D eigenvalue weighted by molar-refractivity contribution is 6.21. The monoisotopic (exact) mass is 379 g/mol. The second-order valence-corrected chi connectivity index (χ2v) is 6.94. The summed E-state index contributed by atoms with van der Waals surface area (Å²) in [6.07, 6.45) is 0.130. The Hall–Kier alpha value is -3.35. The van der Waals surface area contributed by atoms with Gasteiger partial charge < -0.3 is 14.9 Å². The number of carbonyl (C=O) groups excluding carboxylic acids is 3. The van der Waals surface area contributed by atoms with Gasteiger partial charge in [-0.05, 0) is 36.4 Å². The van der Waals surface area contributed by atoms with Gasteiger partial charge >= 0.3 is 0 Å². The highest BCUT2D eigenvalue weighted by Gasteiger charge is 2.35. The zero-order valence-corrected chi connectivity index (χ0v) is 15.4. The van der Waals surface area contributed by atoms with Gasteiger partial charge in [0.15, 0.2) is 0 Å². The molecule has 1 fully saturated rings. The van der Waals surface area contributed by atoms with Gasteiger partial charge in [0.2, 0.25) is 5.91 Å². The number of hydrogen-bond donors (Lipinski definition) is 1. The Morgan fingerprint density at radius 2 is 1.43 bits per heavy atom. The van der Waals surface area contributed by atoms with Crippen LogP contribution in [-0.2, 0) is 4.79 Å². The molecule has 1 N–H and O–H groups in total. The van der Waals surface area contributed by atoms with Crippen molar-refractivity contribution >= 4 is 23.4 Å². The fourth-order valence-corrected chi connectivity index (χ4v) is 3.69. The number of fused-ring (bicyclic) bond motifs is 1. The van der Waals surface area contributed by atoms with Crippen molar-refractivity contribution < 1.29 is 19.5 Å². The fraction of sp³-hybridized carbons (Fsp3) is 0.286. The number of rotatable bonds is 4. The number of imide groups is 1. The van der Waals surface area contributed by atoms with E-state index in [2.05, 4.69) is 4.90 Å². The van der Waals surface area contributed by atoms with Crippen LogP contribution in [0.1, 0.15) is 27.1 Å². The summed E-state index contributed by atoms with van der Waals surface area (Å²) < 4.78 is 0. The van der Waals surface area contributed by atoms with Crippen LogP contribution in [-0.4, -0.2) is 65.4 Å². The number of amides is 3. The van der Waals surface area contributed by atoms with Gasteiger partial charge in [0.25, 0.3) is 11.8 Å². The SMILES string of the molecule is O=C(CCN1C(=O)c2ccccc2C1=O)N1CCN(c2ccc(O)cc2)CC1. The van der Waals surface area contributed by atoms with E-state index in [0.29, 0.717) is 37.3 Å². The molecule has 2 aromatic carbocycles. The summed E-state index contributed by atoms with van der Waals surface area (Å²) in [4.78, 5) is 42.4. The molecule has 0 aliphatic carbocycles. The first-order chi connectivity index (χ1) is 13.5. The molecule has 0 atom stereocenters. The van der Waals surface area contributed by atoms with E-state index in [0.717, 1.165) is 10.6 Å². The highest BCUT2D eigenvalue weighted by atomic mass is 16.3. The molecule has 0 unspecified atom stereocenters. The van der Waals surface area contributed by atoms with Gasteiger partial charge in [-0.3, -0.25) is 19.3 Å². The Morgan fingerprint density at radius 3 is 2.00 bits per heavy atom. The van der Waals surface area contributed by atoms with E-state index in [1.165, 1.54) is 0 Å². The molecular weight excluding hydrogens is 358 g/mol. The molecule has 0 aromatic heterocycles. The Labute approximate surface area is 162 Å². The third kappa shape index (κ3) is 3.31. The second kappa shape index (κ2) is 7.34. The molecule has 28 heavy (non-hydrogen) atoms. The van der Waals surface area contributed by atoms with Crippen molar-refractivity contribution in [2.45, 2.75) is 6.42 Å². The predicted octanol–water partition coefficient (Wildman–Crippen LogP) is 1.73. The molecule has 2 aromatic rings. The number of nitrogens with zero attached hydrogens (tertiary/aromatic N) is 3. The maximum absolute atomic E-state index is 12.6. The Kier molecular flexibility index (Phi) is 4.73. The molecule has 7 nitrogen and oxygen atoms in total. The van der Waals surface area contributed by atoms with Crippen LogP contribution in [0.25, 0.3) is 0 Å². The molecule has 0 radical (unpaired) electrons. The largest absolute Gasteiger partial charge is 0.508 e. The van der Waals surface area contributed by atoms with E-state index >= 15 is 0 Å². The number of carbonyl (C=O) groups is 3. The lowest BCUT2D eigenvalue weighted by Gasteiger charge is -2.36. The lowest BCUT2D eigenvalue weighted by Crippen LogP contribution is -2.49. The van der Waals surface area contributed by atoms with E-state index < -0.39 is 0 Å². The number of anilines is 1. The summed E-state index contributed by atoms with van der Waals surface area (Å²) >= 11 is 0. The quantitative estimate of drug-likeness (QED) is 0.819. The smallest absolute Gasteiger partial charge is 0.261 e. The molecular formula is C21H21N3O4. The standard InChI is InChI=1S/C21H21N3O4/c25-16-7-5-15(6-8-16)22-11-13-23(14-12-22)19(26)9-10-24-20(27)17-3-1-2-4-18(17)21(24)28/h1-8,25H,9-14H2. The lowest BCUT2D eigenvalue weighted by molar-refractivity contribution is -0.131. The molecule has 4 rings (SSSR count). The van der Waals surface area contributed by atoms with E-state index in [9.17, 15) is 19.5 Å². The third-order valence-electron chi connectivity index (χ3n) is 5.27. The number of phenols is 1. The Morgan fingerprint density at radius 1 is 0.857 bits per heavy atom. The first kappa shape index (κ1) is 18.0. The van der Waals surface area contributed by atoms with Gasteiger partial charge in [0, 0.05) is 44.8 Å². The molecule has 2 heterocycles. The maximum Gasteiger partial charge on any atom is 0.261 e. The predicted molar refractivity (Wildman–Crippen MR) is 103 cm³/mol. The Balaban J connectivity index is 1.30. The third-order valence-corrected chi connectivity index (χ3v) is 5.27. The minimum atomic E-state index is -0.328. The Bertz CT molecular complexity index is 883. The van der Waals surface area contributed by atoms with E-state index in [1.807, 2.05) is 12.1 Å². The van der Waals surface area contributed by atoms with Crippen molar-refractivity contribution in [1.82, 2.24) is 9.80 Å². The van der Waals surface area contributed by atoms with Crippen molar-refractivity contribution in [3.8, 4) is 5.75 Å². The van der Waals surface area contributed by atoms with Gasteiger partial charge in [-0.2, -0.15) is 0 Å². The van der Waals surface area contributed by atoms with Gasteiger partial charge in [-0.25, -0.2) is 0 Å². The van der Waals surface area contributed by atoms with Crippen LogP contribution < -0.4 is 4.90 Å². The molecule has 0 bridgehead atoms. The molecule has 144 valence electrons. The number of hydrogen-bond acceptors (Lipinski definition) is 5. The first-order valence-corrected chi connectivity index (χ1v) is 9.31. The summed E-state index contributed by atoms with van der Waals surface area (Å²) in [6.45, 7) is 2.67. The summed E-state index contributed by atoms with van der Waals surface area (Å²) in [5.74, 6) is -0.483. The zero-order valence-electron chi connectivity index (χ0n) is 15.4. The van der Waals surface area contributed by atoms with E-state index in [1.54, 1.807) is 41.3 Å². The summed E-state index contributed by atoms with van der Waals surface area (Å²) in [5.41, 5.74) is 1.82. The van der Waals surface area contributed by atoms with Crippen molar-refractivity contribution in [2.75, 3.05) is 37.6 Å². The highest BCUT2D eigenvalue weighted by Crippen LogP contribution is 2.23. The molecule has 2 aliphatic heterocycles. The van der Waals surface area contributed by atoms with Gasteiger partial charge in [0.1, 0.15) is 5.75 Å². The number of phenolic OH excluding ortho intramolecular Hbond substituents is 1. The topological polar surface area (TPSA) is 81.2 Å². The average molecular weight is 379 g/mol. The molecule has 1 saturated heterocycles. The van der Waals surface area contributed by atoms with Gasteiger partial charge in [-0.1, -0.05) is 12.1 Å². The van der Waals surface area contributed by atoms with Crippen LogP contribution in [0.3, 0.4) is 0 Å². The maximum atomic E-state index is 12.6. The lowest BCUT2D eigenvalue weighted by atomic mass is 10.1. The van der Waals surface area contributed by atoms with E-state index in [-0.39, 0.29) is 36.4 Å². The minimum absolute atomic E-state index is 0.0538. The number of piperazine rings is 1. The minimum Gasteiger partial charge on any atom is -0.508 e. The van der Waals surface area contributed by atoms with Crippen molar-refractivity contribution in [3.63, 3.8) is 0 Å². The zero-order chi connectivity index (χ0) is 19.7. The molecule has 2 aliphatic rings. The van der Waals surface area contributed by atoms with Crippen LogP contribution in [0.2, 0.25) is 0 Å². The van der Waals surface area contributed by atoms with Crippen molar-refractivity contribution in [3.05, 3.63) is 59.7 Å². The summed E-state index contributed by atoms with van der Waals surface area (Å²) in [7, 11) is 0. The fourth-order valence-electron chi connectivity index (χ4n) is 3.69. The molecule has 7 heteroatoms. The summed E-state index contributed by atoms with van der Waals surface area (Å²) in [6, 6.07) is 13.7. The van der Waals surface area contributed by atoms with Crippen LogP contribution in [0, 0.1) is 0 Å². The normalized spacial score (nSPS) is 16.5. The second-order valence-electron chi connectivity index (χ2n) is 6.94. The van der Waals surface area contributed by atoms with Crippen molar-refractivity contribution in [2.24, 2.45) is 0 Å². The molecule has 3 amide bonds. The summed E-state index contributed by atoms with van der Waals surface area (Å²) in [5, 5.41) is 9.39. The molecule has 0 spiro atoms. The molecule has 0 saturated carbocycles. The van der Waals surface area contributed by atoms with Crippen LogP contribution in [0.4, 0.5) is 5.69 Å².